The van der Waals surface area contributed by atoms with Gasteiger partial charge in [-0.1, -0.05) is 19.3 Å². The molecule has 1 saturated carbocycles. The minimum Gasteiger partial charge on any atom is -0.497 e. The average Bonchev–Trinajstić information content (AvgIpc) is 3.19. The Kier molecular flexibility index (Phi) is 6.19. The number of carbonyl (C=O) groups excluding carboxylic acids is 1. The molecule has 0 radical (unpaired) electrons. The van der Waals surface area contributed by atoms with Crippen molar-refractivity contribution in [2.24, 2.45) is 0 Å². The van der Waals surface area contributed by atoms with E-state index < -0.39 is 5.79 Å². The third-order valence-electron chi connectivity index (χ3n) is 6.54. The van der Waals surface area contributed by atoms with E-state index in [-0.39, 0.29) is 11.9 Å². The van der Waals surface area contributed by atoms with Crippen molar-refractivity contribution in [1.82, 2.24) is 5.32 Å². The van der Waals surface area contributed by atoms with Gasteiger partial charge in [0.05, 0.1) is 46.3 Å². The number of piperidine rings is 1. The molecule has 3 fully saturated rings. The molecule has 1 spiro atoms. The number of rotatable bonds is 5. The van der Waals surface area contributed by atoms with Crippen LogP contribution in [-0.4, -0.2) is 51.1 Å². The molecule has 1 amide bonds. The summed E-state index contributed by atoms with van der Waals surface area (Å²) >= 11 is 0. The summed E-state index contributed by atoms with van der Waals surface area (Å²) in [7, 11) is 1.67. The van der Waals surface area contributed by atoms with Gasteiger partial charge in [-0.15, -0.1) is 0 Å². The summed E-state index contributed by atoms with van der Waals surface area (Å²) in [5.41, 5.74) is 1.05. The predicted molar refractivity (Wildman–Crippen MR) is 105 cm³/mol. The van der Waals surface area contributed by atoms with Gasteiger partial charge in [0.15, 0.2) is 11.8 Å². The first kappa shape index (κ1) is 19.7. The Morgan fingerprint density at radius 1 is 1.11 bits per heavy atom. The zero-order valence-corrected chi connectivity index (χ0v) is 16.9. The Morgan fingerprint density at radius 3 is 2.36 bits per heavy atom. The van der Waals surface area contributed by atoms with Crippen LogP contribution in [0.15, 0.2) is 24.3 Å². The van der Waals surface area contributed by atoms with Gasteiger partial charge in [-0.2, -0.15) is 0 Å². The Hall–Kier alpha value is -1.63. The molecule has 2 aliphatic heterocycles. The van der Waals surface area contributed by atoms with E-state index in [9.17, 15) is 4.79 Å². The molecule has 6 heteroatoms. The van der Waals surface area contributed by atoms with Crippen molar-refractivity contribution in [3.05, 3.63) is 29.8 Å². The van der Waals surface area contributed by atoms with Gasteiger partial charge in [-0.25, -0.2) is 0 Å². The van der Waals surface area contributed by atoms with E-state index >= 15 is 0 Å². The zero-order chi connectivity index (χ0) is 19.4. The molecule has 4 rings (SSSR count). The molecule has 1 aromatic carbocycles. The molecule has 6 nitrogen and oxygen atoms in total. The summed E-state index contributed by atoms with van der Waals surface area (Å²) < 4.78 is 17.0. The highest BCUT2D eigenvalue weighted by atomic mass is 16.7. The minimum atomic E-state index is -0.409. The molecule has 1 aliphatic carbocycles. The largest absolute Gasteiger partial charge is 0.497 e. The molecular weight excluding hydrogens is 356 g/mol. The molecule has 1 atom stereocenters. The molecule has 3 aliphatic rings. The smallest absolute Gasteiger partial charge is 0.283 e. The van der Waals surface area contributed by atoms with Gasteiger partial charge in [0.25, 0.3) is 5.91 Å². The van der Waals surface area contributed by atoms with Crippen molar-refractivity contribution in [3.63, 3.8) is 0 Å². The Bertz CT molecular complexity index is 641. The fourth-order valence-corrected chi connectivity index (χ4v) is 4.93. The van der Waals surface area contributed by atoms with Crippen LogP contribution in [0.4, 0.5) is 0 Å². The van der Waals surface area contributed by atoms with E-state index in [1.54, 1.807) is 7.11 Å². The molecule has 28 heavy (non-hydrogen) atoms. The molecule has 2 N–H and O–H groups in total. The monoisotopic (exact) mass is 389 g/mol. The van der Waals surface area contributed by atoms with Crippen molar-refractivity contribution >= 4 is 5.91 Å². The number of hydrogen-bond donors (Lipinski definition) is 2. The second-order valence-corrected chi connectivity index (χ2v) is 8.32. The van der Waals surface area contributed by atoms with Crippen molar-refractivity contribution in [2.75, 3.05) is 33.4 Å². The first-order valence-corrected chi connectivity index (χ1v) is 10.8. The molecule has 0 bridgehead atoms. The van der Waals surface area contributed by atoms with Gasteiger partial charge in [0.2, 0.25) is 0 Å². The van der Waals surface area contributed by atoms with Crippen LogP contribution in [0.25, 0.3) is 0 Å². The Labute approximate surface area is 167 Å². The second-order valence-electron chi connectivity index (χ2n) is 8.32. The summed E-state index contributed by atoms with van der Waals surface area (Å²) in [6, 6.07) is 8.08. The Morgan fingerprint density at radius 2 is 1.75 bits per heavy atom. The predicted octanol–water partition coefficient (Wildman–Crippen LogP) is 1.61. The molecule has 1 aromatic rings. The molecule has 154 valence electrons. The fraction of sp³-hybridized carbons (Fsp3) is 0.682. The van der Waals surface area contributed by atoms with E-state index in [0.717, 1.165) is 50.1 Å². The maximum absolute atomic E-state index is 13.4. The number of quaternary nitrogens is 1. The standard InChI is InChI=1S/C22H32N2O4/c1-26-19-9-7-17(8-10-19)20(21(25)23-18-5-3-2-4-6-18)24-13-11-22(12-14-24)27-15-16-28-22/h7-10,18,20H,2-6,11-16H2,1H3,(H,23,25)/p+1. The van der Waals surface area contributed by atoms with Gasteiger partial charge >= 0.3 is 0 Å². The number of carbonyl (C=O) groups is 1. The molecule has 2 heterocycles. The van der Waals surface area contributed by atoms with Crippen LogP contribution < -0.4 is 15.0 Å². The lowest BCUT2D eigenvalue weighted by atomic mass is 9.94. The molecule has 1 unspecified atom stereocenters. The highest BCUT2D eigenvalue weighted by molar-refractivity contribution is 5.82. The van der Waals surface area contributed by atoms with Gasteiger partial charge in [0.1, 0.15) is 5.75 Å². The summed E-state index contributed by atoms with van der Waals surface area (Å²) in [5, 5.41) is 3.35. The lowest BCUT2D eigenvalue weighted by Gasteiger charge is -2.38. The number of nitrogens with one attached hydrogen (secondary N) is 2. The topological polar surface area (TPSA) is 61.2 Å². The van der Waals surface area contributed by atoms with Crippen molar-refractivity contribution in [1.29, 1.82) is 0 Å². The number of benzene rings is 1. The lowest BCUT2D eigenvalue weighted by molar-refractivity contribution is -0.930. The highest BCUT2D eigenvalue weighted by Crippen LogP contribution is 2.28. The maximum Gasteiger partial charge on any atom is 0.283 e. The lowest BCUT2D eigenvalue weighted by Crippen LogP contribution is -3.15. The first-order valence-electron chi connectivity index (χ1n) is 10.8. The second kappa shape index (κ2) is 8.80. The molecule has 2 saturated heterocycles. The van der Waals surface area contributed by atoms with E-state index in [0.29, 0.717) is 19.3 Å². The van der Waals surface area contributed by atoms with Crippen molar-refractivity contribution < 1.29 is 23.9 Å². The summed E-state index contributed by atoms with van der Waals surface area (Å²) in [4.78, 5) is 14.6. The van der Waals surface area contributed by atoms with Crippen LogP contribution in [0.2, 0.25) is 0 Å². The van der Waals surface area contributed by atoms with Crippen LogP contribution >= 0.6 is 0 Å². The van der Waals surface area contributed by atoms with E-state index in [4.69, 9.17) is 14.2 Å². The fourth-order valence-electron chi connectivity index (χ4n) is 4.93. The summed E-state index contributed by atoms with van der Waals surface area (Å²) in [5.74, 6) is 0.556. The zero-order valence-electron chi connectivity index (χ0n) is 16.9. The third kappa shape index (κ3) is 4.34. The number of ether oxygens (including phenoxy) is 3. The van der Waals surface area contributed by atoms with Crippen molar-refractivity contribution in [3.8, 4) is 5.75 Å². The van der Waals surface area contributed by atoms with Gasteiger partial charge < -0.3 is 24.4 Å². The van der Waals surface area contributed by atoms with Crippen LogP contribution in [0.1, 0.15) is 56.6 Å². The van der Waals surface area contributed by atoms with E-state index in [2.05, 4.69) is 5.32 Å². The van der Waals surface area contributed by atoms with Crippen LogP contribution in [0.5, 0.6) is 5.75 Å². The van der Waals surface area contributed by atoms with Crippen LogP contribution in [0.3, 0.4) is 0 Å². The van der Waals surface area contributed by atoms with Crippen LogP contribution in [-0.2, 0) is 14.3 Å². The first-order chi connectivity index (χ1) is 13.7. The van der Waals surface area contributed by atoms with E-state index in [1.165, 1.54) is 24.2 Å². The summed E-state index contributed by atoms with van der Waals surface area (Å²) in [6.45, 7) is 3.10. The average molecular weight is 390 g/mol. The number of likely N-dealkylation sites (tertiary alicyclic amines) is 1. The summed E-state index contributed by atoms with van der Waals surface area (Å²) in [6.07, 6.45) is 7.59. The van der Waals surface area contributed by atoms with Gasteiger partial charge in [-0.05, 0) is 37.1 Å². The van der Waals surface area contributed by atoms with Crippen LogP contribution in [0, 0.1) is 0 Å². The highest BCUT2D eigenvalue weighted by Gasteiger charge is 2.45. The Balaban J connectivity index is 1.49. The third-order valence-corrected chi connectivity index (χ3v) is 6.54. The quantitative estimate of drug-likeness (QED) is 0.803. The number of amides is 1. The minimum absolute atomic E-state index is 0.149. The number of methoxy groups -OCH3 is 1. The van der Waals surface area contributed by atoms with Gasteiger partial charge in [-0.3, -0.25) is 4.79 Å². The van der Waals surface area contributed by atoms with Crippen molar-refractivity contribution in [2.45, 2.75) is 62.8 Å². The van der Waals surface area contributed by atoms with Gasteiger partial charge in [0, 0.05) is 11.6 Å². The maximum atomic E-state index is 13.4. The number of hydrogen-bond acceptors (Lipinski definition) is 4. The normalized spacial score (nSPS) is 24.2. The molecule has 0 aromatic heterocycles. The molecular formula is C22H33N2O4+. The SMILES string of the molecule is COc1ccc(C(C(=O)NC2CCCCC2)[NH+]2CCC3(CC2)OCCO3)cc1. The van der Waals surface area contributed by atoms with E-state index in [1.807, 2.05) is 24.3 Å².